The highest BCUT2D eigenvalue weighted by atomic mass is 19.4. The monoisotopic (exact) mass is 299 g/mol. The van der Waals surface area contributed by atoms with Gasteiger partial charge in [-0.15, -0.1) is 0 Å². The van der Waals surface area contributed by atoms with Crippen LogP contribution >= 0.6 is 0 Å². The molecule has 21 heavy (non-hydrogen) atoms. The normalized spacial score (nSPS) is 19.1. The molecule has 1 aromatic rings. The van der Waals surface area contributed by atoms with E-state index < -0.39 is 29.3 Å². The lowest BCUT2D eigenvalue weighted by Gasteiger charge is -2.33. The highest BCUT2D eigenvalue weighted by molar-refractivity contribution is 5.80. The first kappa shape index (κ1) is 15.1. The van der Waals surface area contributed by atoms with Gasteiger partial charge < -0.3 is 15.4 Å². The van der Waals surface area contributed by atoms with Crippen LogP contribution in [-0.4, -0.2) is 31.7 Å². The molecule has 1 unspecified atom stereocenters. The van der Waals surface area contributed by atoms with Gasteiger partial charge in [0.1, 0.15) is 0 Å². The lowest BCUT2D eigenvalue weighted by molar-refractivity contribution is -0.137. The van der Waals surface area contributed by atoms with Crippen molar-refractivity contribution >= 4 is 11.6 Å². The van der Waals surface area contributed by atoms with Crippen molar-refractivity contribution in [3.05, 3.63) is 29.3 Å². The number of carbonyl (C=O) groups is 1. The summed E-state index contributed by atoms with van der Waals surface area (Å²) in [5.74, 6) is -0.663. The molecule has 1 amide bonds. The van der Waals surface area contributed by atoms with Crippen molar-refractivity contribution in [1.82, 2.24) is 0 Å². The van der Waals surface area contributed by atoms with E-state index in [1.54, 1.807) is 4.90 Å². The van der Waals surface area contributed by atoms with Gasteiger partial charge in [-0.2, -0.15) is 18.4 Å². The van der Waals surface area contributed by atoms with Crippen molar-refractivity contribution < 1.29 is 22.7 Å². The largest absolute Gasteiger partial charge is 0.417 e. The Kier molecular flexibility index (Phi) is 4.04. The number of hydrogen-bond acceptors (Lipinski definition) is 4. The number of carbonyl (C=O) groups excluding carboxylic acids is 1. The average Bonchev–Trinajstić information content (AvgIpc) is 2.45. The van der Waals surface area contributed by atoms with E-state index in [4.69, 9.17) is 15.7 Å². The highest BCUT2D eigenvalue weighted by Crippen LogP contribution is 2.34. The summed E-state index contributed by atoms with van der Waals surface area (Å²) in [6.45, 7) is 0.612. The predicted molar refractivity (Wildman–Crippen MR) is 67.3 cm³/mol. The molecule has 1 heterocycles. The third kappa shape index (κ3) is 3.25. The Morgan fingerprint density at radius 1 is 1.48 bits per heavy atom. The highest BCUT2D eigenvalue weighted by Gasteiger charge is 2.35. The number of alkyl halides is 3. The first-order valence-corrected chi connectivity index (χ1v) is 6.10. The number of nitrogens with zero attached hydrogens (tertiary/aromatic N) is 2. The Hall–Kier alpha value is -2.27. The summed E-state index contributed by atoms with van der Waals surface area (Å²) in [5.41, 5.74) is 3.98. The fourth-order valence-corrected chi connectivity index (χ4v) is 2.12. The molecule has 1 atom stereocenters. The smallest absolute Gasteiger partial charge is 0.367 e. The van der Waals surface area contributed by atoms with Gasteiger partial charge in [0.15, 0.2) is 6.10 Å². The number of primary amides is 1. The Morgan fingerprint density at radius 3 is 2.76 bits per heavy atom. The SMILES string of the molecule is N#Cc1ccc(N2CCOC(C(N)=O)C2)cc1C(F)(F)F. The summed E-state index contributed by atoms with van der Waals surface area (Å²) in [6.07, 6.45) is -5.47. The zero-order valence-corrected chi connectivity index (χ0v) is 10.9. The summed E-state index contributed by atoms with van der Waals surface area (Å²) in [6, 6.07) is 4.96. The summed E-state index contributed by atoms with van der Waals surface area (Å²) in [7, 11) is 0. The molecular formula is C13H12F3N3O2. The van der Waals surface area contributed by atoms with E-state index in [-0.39, 0.29) is 18.8 Å². The maximum atomic E-state index is 12.9. The second-order valence-corrected chi connectivity index (χ2v) is 4.55. The number of morpholine rings is 1. The minimum atomic E-state index is -4.61. The van der Waals surface area contributed by atoms with E-state index in [9.17, 15) is 18.0 Å². The molecule has 1 aliphatic heterocycles. The van der Waals surface area contributed by atoms with Crippen molar-refractivity contribution in [2.75, 3.05) is 24.6 Å². The Balaban J connectivity index is 2.33. The van der Waals surface area contributed by atoms with Gasteiger partial charge in [0, 0.05) is 12.2 Å². The Bertz CT molecular complexity index is 595. The number of anilines is 1. The molecule has 2 N–H and O–H groups in total. The van der Waals surface area contributed by atoms with Crippen LogP contribution in [0.25, 0.3) is 0 Å². The predicted octanol–water partition coefficient (Wildman–Crippen LogP) is 1.27. The van der Waals surface area contributed by atoms with E-state index in [1.807, 2.05) is 0 Å². The maximum Gasteiger partial charge on any atom is 0.417 e. The fourth-order valence-electron chi connectivity index (χ4n) is 2.12. The molecule has 1 saturated heterocycles. The zero-order valence-electron chi connectivity index (χ0n) is 10.9. The van der Waals surface area contributed by atoms with Crippen LogP contribution in [0.4, 0.5) is 18.9 Å². The third-order valence-electron chi connectivity index (χ3n) is 3.18. The van der Waals surface area contributed by atoms with Gasteiger partial charge in [-0.05, 0) is 18.2 Å². The van der Waals surface area contributed by atoms with E-state index >= 15 is 0 Å². The molecule has 1 fully saturated rings. The first-order valence-electron chi connectivity index (χ1n) is 6.10. The summed E-state index contributed by atoms with van der Waals surface area (Å²) < 4.78 is 43.9. The average molecular weight is 299 g/mol. The van der Waals surface area contributed by atoms with Crippen LogP contribution in [0.15, 0.2) is 18.2 Å². The van der Waals surface area contributed by atoms with Crippen LogP contribution < -0.4 is 10.6 Å². The molecule has 8 heteroatoms. The van der Waals surface area contributed by atoms with E-state index in [1.165, 1.54) is 12.1 Å². The van der Waals surface area contributed by atoms with Gasteiger partial charge in [0.25, 0.3) is 0 Å². The van der Waals surface area contributed by atoms with Crippen LogP contribution in [0.3, 0.4) is 0 Å². The van der Waals surface area contributed by atoms with Crippen LogP contribution in [0.1, 0.15) is 11.1 Å². The van der Waals surface area contributed by atoms with Gasteiger partial charge in [-0.1, -0.05) is 0 Å². The molecule has 0 saturated carbocycles. The number of rotatable bonds is 2. The van der Waals surface area contributed by atoms with Gasteiger partial charge >= 0.3 is 6.18 Å². The quantitative estimate of drug-likeness (QED) is 0.892. The number of halogens is 3. The van der Waals surface area contributed by atoms with E-state index in [0.717, 1.165) is 12.1 Å². The minimum Gasteiger partial charge on any atom is -0.367 e. The van der Waals surface area contributed by atoms with Crippen molar-refractivity contribution in [1.29, 1.82) is 5.26 Å². The van der Waals surface area contributed by atoms with Crippen LogP contribution in [0.5, 0.6) is 0 Å². The van der Waals surface area contributed by atoms with Gasteiger partial charge in [0.2, 0.25) is 5.91 Å². The second-order valence-electron chi connectivity index (χ2n) is 4.55. The second kappa shape index (κ2) is 5.61. The first-order chi connectivity index (χ1) is 9.82. The lowest BCUT2D eigenvalue weighted by Crippen LogP contribution is -2.48. The number of amides is 1. The molecule has 0 aliphatic carbocycles. The maximum absolute atomic E-state index is 12.9. The zero-order chi connectivity index (χ0) is 15.6. The molecule has 1 aromatic carbocycles. The molecule has 0 spiro atoms. The van der Waals surface area contributed by atoms with Crippen LogP contribution in [0, 0.1) is 11.3 Å². The molecule has 112 valence electrons. The standard InChI is InChI=1S/C13H12F3N3O2/c14-13(15,16)10-5-9(2-1-8(10)6-17)19-3-4-21-11(7-19)12(18)20/h1-2,5,11H,3-4,7H2,(H2,18,20). The topological polar surface area (TPSA) is 79.3 Å². The summed E-state index contributed by atoms with van der Waals surface area (Å²) in [4.78, 5) is 12.7. The third-order valence-corrected chi connectivity index (χ3v) is 3.18. The van der Waals surface area contributed by atoms with Crippen molar-refractivity contribution in [2.45, 2.75) is 12.3 Å². The van der Waals surface area contributed by atoms with E-state index in [2.05, 4.69) is 0 Å². The fraction of sp³-hybridized carbons (Fsp3) is 0.385. The van der Waals surface area contributed by atoms with Crippen molar-refractivity contribution in [2.24, 2.45) is 5.73 Å². The van der Waals surface area contributed by atoms with Crippen LogP contribution in [-0.2, 0) is 15.7 Å². The summed E-state index contributed by atoms with van der Waals surface area (Å²) >= 11 is 0. The molecule has 5 nitrogen and oxygen atoms in total. The van der Waals surface area contributed by atoms with Gasteiger partial charge in [0.05, 0.1) is 30.3 Å². The molecular weight excluding hydrogens is 287 g/mol. The number of hydrogen-bond donors (Lipinski definition) is 1. The Labute approximate surface area is 118 Å². The van der Waals surface area contributed by atoms with Gasteiger partial charge in [-0.25, -0.2) is 0 Å². The van der Waals surface area contributed by atoms with Crippen molar-refractivity contribution in [3.63, 3.8) is 0 Å². The number of ether oxygens (including phenoxy) is 1. The minimum absolute atomic E-state index is 0.0819. The number of nitrogens with two attached hydrogens (primary N) is 1. The van der Waals surface area contributed by atoms with Crippen molar-refractivity contribution in [3.8, 4) is 6.07 Å². The molecule has 0 bridgehead atoms. The lowest BCUT2D eigenvalue weighted by atomic mass is 10.1. The molecule has 0 radical (unpaired) electrons. The molecule has 2 rings (SSSR count). The Morgan fingerprint density at radius 2 is 2.19 bits per heavy atom. The van der Waals surface area contributed by atoms with Gasteiger partial charge in [-0.3, -0.25) is 4.79 Å². The molecule has 0 aromatic heterocycles. The van der Waals surface area contributed by atoms with Crippen LogP contribution in [0.2, 0.25) is 0 Å². The summed E-state index contributed by atoms with van der Waals surface area (Å²) in [5, 5.41) is 8.75. The number of nitriles is 1. The molecule has 1 aliphatic rings. The number of benzene rings is 1. The van der Waals surface area contributed by atoms with E-state index in [0.29, 0.717) is 6.54 Å².